The van der Waals surface area contributed by atoms with Crippen LogP contribution < -0.4 is 11.1 Å². The Balaban J connectivity index is 1.88. The molecule has 0 radical (unpaired) electrons. The molecule has 0 aliphatic carbocycles. The number of rotatable bonds is 6. The third-order valence-corrected chi connectivity index (χ3v) is 4.60. The normalized spacial score (nSPS) is 22.3. The highest BCUT2D eigenvalue weighted by atomic mass is 16.5. The predicted octanol–water partition coefficient (Wildman–Crippen LogP) is 2.19. The van der Waals surface area contributed by atoms with Crippen molar-refractivity contribution in [1.82, 2.24) is 4.90 Å². The van der Waals surface area contributed by atoms with Gasteiger partial charge in [0.05, 0.1) is 12.6 Å². The Kier molecular flexibility index (Phi) is 6.57. The summed E-state index contributed by atoms with van der Waals surface area (Å²) in [6, 6.07) is 8.26. The molecular weight excluding hydrogens is 290 g/mol. The van der Waals surface area contributed by atoms with Crippen LogP contribution in [0.4, 0.5) is 5.69 Å². The fourth-order valence-electron chi connectivity index (χ4n) is 3.07. The molecule has 23 heavy (non-hydrogen) atoms. The van der Waals surface area contributed by atoms with E-state index in [2.05, 4.69) is 36.2 Å². The summed E-state index contributed by atoms with van der Waals surface area (Å²) in [4.78, 5) is 14.4. The molecule has 0 spiro atoms. The van der Waals surface area contributed by atoms with Crippen LogP contribution in [-0.2, 0) is 9.53 Å². The molecule has 0 aromatic heterocycles. The number of methoxy groups -OCH3 is 1. The minimum absolute atomic E-state index is 0.0108. The van der Waals surface area contributed by atoms with E-state index >= 15 is 0 Å². The predicted molar refractivity (Wildman–Crippen MR) is 93.6 cm³/mol. The van der Waals surface area contributed by atoms with Crippen LogP contribution in [0, 0.1) is 0 Å². The van der Waals surface area contributed by atoms with Crippen LogP contribution in [0.3, 0.4) is 0 Å². The number of hydrogen-bond donors (Lipinski definition) is 2. The highest BCUT2D eigenvalue weighted by Gasteiger charge is 2.28. The molecule has 5 nitrogen and oxygen atoms in total. The van der Waals surface area contributed by atoms with Crippen molar-refractivity contribution in [3.8, 4) is 0 Å². The van der Waals surface area contributed by atoms with Crippen LogP contribution in [0.15, 0.2) is 24.3 Å². The zero-order valence-corrected chi connectivity index (χ0v) is 14.4. The summed E-state index contributed by atoms with van der Waals surface area (Å²) in [6.45, 7) is 6.09. The van der Waals surface area contributed by atoms with E-state index in [9.17, 15) is 4.79 Å². The number of nitrogens with one attached hydrogen (secondary N) is 1. The fraction of sp³-hybridized carbons (Fsp3) is 0.611. The van der Waals surface area contributed by atoms with Crippen LogP contribution in [0.5, 0.6) is 0 Å². The Labute approximate surface area is 139 Å². The second-order valence-corrected chi connectivity index (χ2v) is 6.57. The molecule has 1 fully saturated rings. The molecule has 128 valence electrons. The van der Waals surface area contributed by atoms with Crippen molar-refractivity contribution in [1.29, 1.82) is 0 Å². The first kappa shape index (κ1) is 17.9. The Hall–Kier alpha value is -1.43. The molecule has 1 aromatic carbocycles. The van der Waals surface area contributed by atoms with E-state index in [-0.39, 0.29) is 18.1 Å². The molecule has 1 aliphatic heterocycles. The minimum Gasteiger partial charge on any atom is -0.381 e. The SMILES string of the molecule is COC1CCN(CC(=O)Nc2ccc(C(C)C)cc2)C(CN)C1. The lowest BCUT2D eigenvalue weighted by molar-refractivity contribution is -0.118. The summed E-state index contributed by atoms with van der Waals surface area (Å²) >= 11 is 0. The van der Waals surface area contributed by atoms with E-state index in [0.29, 0.717) is 19.0 Å². The number of anilines is 1. The number of benzene rings is 1. The van der Waals surface area contributed by atoms with Crippen molar-refractivity contribution in [2.45, 2.75) is 44.8 Å². The Bertz CT molecular complexity index is 501. The monoisotopic (exact) mass is 319 g/mol. The van der Waals surface area contributed by atoms with Crippen LogP contribution in [-0.4, -0.2) is 49.7 Å². The standard InChI is InChI=1S/C18H29N3O2/c1-13(2)14-4-6-15(7-5-14)20-18(22)12-21-9-8-17(23-3)10-16(21)11-19/h4-7,13,16-17H,8-12,19H2,1-3H3,(H,20,22). The molecular formula is C18H29N3O2. The highest BCUT2D eigenvalue weighted by Crippen LogP contribution is 2.20. The van der Waals surface area contributed by atoms with E-state index in [0.717, 1.165) is 25.1 Å². The van der Waals surface area contributed by atoms with Crippen molar-refractivity contribution in [2.75, 3.05) is 32.1 Å². The van der Waals surface area contributed by atoms with Crippen molar-refractivity contribution in [2.24, 2.45) is 5.73 Å². The molecule has 2 atom stereocenters. The van der Waals surface area contributed by atoms with Crippen LogP contribution >= 0.6 is 0 Å². The van der Waals surface area contributed by atoms with Crippen LogP contribution in [0.1, 0.15) is 38.2 Å². The summed E-state index contributed by atoms with van der Waals surface area (Å²) in [5.41, 5.74) is 7.97. The molecule has 0 bridgehead atoms. The molecule has 1 heterocycles. The second-order valence-electron chi connectivity index (χ2n) is 6.57. The van der Waals surface area contributed by atoms with Gasteiger partial charge in [-0.05, 0) is 36.5 Å². The molecule has 5 heteroatoms. The summed E-state index contributed by atoms with van der Waals surface area (Å²) in [5.74, 6) is 0.503. The van der Waals surface area contributed by atoms with Gasteiger partial charge < -0.3 is 15.8 Å². The number of nitrogens with zero attached hydrogens (tertiary/aromatic N) is 1. The van der Waals surface area contributed by atoms with Gasteiger partial charge in [0.25, 0.3) is 0 Å². The van der Waals surface area contributed by atoms with Gasteiger partial charge in [0, 0.05) is 31.9 Å². The van der Waals surface area contributed by atoms with E-state index in [1.54, 1.807) is 7.11 Å². The van der Waals surface area contributed by atoms with E-state index < -0.39 is 0 Å². The molecule has 3 N–H and O–H groups in total. The average molecular weight is 319 g/mol. The lowest BCUT2D eigenvalue weighted by Gasteiger charge is -2.37. The van der Waals surface area contributed by atoms with Gasteiger partial charge in [0.15, 0.2) is 0 Å². The first-order valence-corrected chi connectivity index (χ1v) is 8.40. The third kappa shape index (κ3) is 5.03. The summed E-state index contributed by atoms with van der Waals surface area (Å²) in [6.07, 6.45) is 2.10. The fourth-order valence-corrected chi connectivity index (χ4v) is 3.07. The molecule has 1 aromatic rings. The Morgan fingerprint density at radius 2 is 2.09 bits per heavy atom. The largest absolute Gasteiger partial charge is 0.381 e. The zero-order chi connectivity index (χ0) is 16.8. The van der Waals surface area contributed by atoms with Crippen molar-refractivity contribution in [3.63, 3.8) is 0 Å². The van der Waals surface area contributed by atoms with Crippen molar-refractivity contribution < 1.29 is 9.53 Å². The number of ether oxygens (including phenoxy) is 1. The van der Waals surface area contributed by atoms with Gasteiger partial charge in [-0.15, -0.1) is 0 Å². The van der Waals surface area contributed by atoms with E-state index in [4.69, 9.17) is 10.5 Å². The Morgan fingerprint density at radius 1 is 1.39 bits per heavy atom. The van der Waals surface area contributed by atoms with Gasteiger partial charge in [-0.25, -0.2) is 0 Å². The van der Waals surface area contributed by atoms with Gasteiger partial charge in [-0.1, -0.05) is 26.0 Å². The summed E-state index contributed by atoms with van der Waals surface area (Å²) < 4.78 is 5.42. The molecule has 1 amide bonds. The lowest BCUT2D eigenvalue weighted by atomic mass is 9.99. The molecule has 2 rings (SSSR count). The van der Waals surface area contributed by atoms with Gasteiger partial charge in [0.2, 0.25) is 5.91 Å². The first-order chi connectivity index (χ1) is 11.0. The average Bonchev–Trinajstić information content (AvgIpc) is 2.55. The third-order valence-electron chi connectivity index (χ3n) is 4.60. The zero-order valence-electron chi connectivity index (χ0n) is 14.4. The highest BCUT2D eigenvalue weighted by molar-refractivity contribution is 5.92. The van der Waals surface area contributed by atoms with E-state index in [1.165, 1.54) is 5.56 Å². The maximum Gasteiger partial charge on any atom is 0.238 e. The number of amides is 1. The Morgan fingerprint density at radius 3 is 2.65 bits per heavy atom. The molecule has 2 unspecified atom stereocenters. The van der Waals surface area contributed by atoms with Crippen LogP contribution in [0.25, 0.3) is 0 Å². The maximum absolute atomic E-state index is 12.3. The second kappa shape index (κ2) is 8.43. The number of nitrogens with two attached hydrogens (primary N) is 1. The van der Waals surface area contributed by atoms with Gasteiger partial charge in [-0.2, -0.15) is 0 Å². The number of carbonyl (C=O) groups excluding carboxylic acids is 1. The number of likely N-dealkylation sites (tertiary alicyclic amines) is 1. The quantitative estimate of drug-likeness (QED) is 0.843. The first-order valence-electron chi connectivity index (χ1n) is 8.40. The topological polar surface area (TPSA) is 67.6 Å². The summed E-state index contributed by atoms with van der Waals surface area (Å²) in [5, 5.41) is 2.97. The molecule has 1 aliphatic rings. The molecule has 0 saturated carbocycles. The van der Waals surface area contributed by atoms with Crippen molar-refractivity contribution in [3.05, 3.63) is 29.8 Å². The summed E-state index contributed by atoms with van der Waals surface area (Å²) in [7, 11) is 1.74. The van der Waals surface area contributed by atoms with Gasteiger partial charge >= 0.3 is 0 Å². The molecule has 1 saturated heterocycles. The van der Waals surface area contributed by atoms with Gasteiger partial charge in [-0.3, -0.25) is 9.69 Å². The smallest absolute Gasteiger partial charge is 0.238 e. The number of hydrogen-bond acceptors (Lipinski definition) is 4. The number of piperidine rings is 1. The maximum atomic E-state index is 12.3. The van der Waals surface area contributed by atoms with Crippen molar-refractivity contribution >= 4 is 11.6 Å². The van der Waals surface area contributed by atoms with E-state index in [1.807, 2.05) is 12.1 Å². The van der Waals surface area contributed by atoms with Gasteiger partial charge in [0.1, 0.15) is 0 Å². The minimum atomic E-state index is 0.0108. The number of carbonyl (C=O) groups is 1. The lowest BCUT2D eigenvalue weighted by Crippen LogP contribution is -2.50. The van der Waals surface area contributed by atoms with Crippen LogP contribution in [0.2, 0.25) is 0 Å².